The van der Waals surface area contributed by atoms with Crippen molar-refractivity contribution in [2.45, 2.75) is 44.6 Å². The van der Waals surface area contributed by atoms with E-state index in [1.54, 1.807) is 18.4 Å². The van der Waals surface area contributed by atoms with Crippen molar-refractivity contribution in [3.8, 4) is 11.3 Å². The molecule has 0 saturated heterocycles. The molecule has 7 heteroatoms. The molecule has 0 radical (unpaired) electrons. The maximum Gasteiger partial charge on any atom is 0.317 e. The van der Waals surface area contributed by atoms with E-state index in [4.69, 9.17) is 9.72 Å². The first-order chi connectivity index (χ1) is 16.7. The van der Waals surface area contributed by atoms with Gasteiger partial charge in [-0.3, -0.25) is 4.40 Å². The standard InChI is InChI=1S/C27H32N4O2S/c1-33-16-15-30(26(32)28-23-9-3-2-4-10-23)14-13-24-19-34-27-29-25(18-31(24)27)22-12-11-20-7-5-6-8-21(20)17-22/h5-8,11-12,17-19,23H,2-4,9-10,13-16H2,1H3,(H,28,32). The molecule has 1 aliphatic rings. The van der Waals surface area contributed by atoms with E-state index in [0.717, 1.165) is 35.5 Å². The van der Waals surface area contributed by atoms with Gasteiger partial charge in [-0.25, -0.2) is 9.78 Å². The number of methoxy groups -OCH3 is 1. The quantitative estimate of drug-likeness (QED) is 0.352. The third-order valence-electron chi connectivity index (χ3n) is 6.75. The van der Waals surface area contributed by atoms with Crippen LogP contribution >= 0.6 is 11.3 Å². The predicted octanol–water partition coefficient (Wildman–Crippen LogP) is 5.75. The van der Waals surface area contributed by atoms with Gasteiger partial charge >= 0.3 is 6.03 Å². The Hall–Kier alpha value is -2.90. The SMILES string of the molecule is COCCN(CCc1csc2nc(-c3ccc4ccccc4c3)cn12)C(=O)NC1CCCCC1. The number of rotatable bonds is 8. The molecule has 2 aromatic carbocycles. The lowest BCUT2D eigenvalue weighted by atomic mass is 9.96. The molecule has 34 heavy (non-hydrogen) atoms. The minimum absolute atomic E-state index is 0.0258. The molecule has 2 amide bonds. The second-order valence-corrected chi connectivity index (χ2v) is 9.92. The molecule has 5 rings (SSSR count). The van der Waals surface area contributed by atoms with Crippen LogP contribution in [0.1, 0.15) is 37.8 Å². The Kier molecular flexibility index (Phi) is 7.11. The lowest BCUT2D eigenvalue weighted by Crippen LogP contribution is -2.47. The summed E-state index contributed by atoms with van der Waals surface area (Å²) in [4.78, 5) is 20.7. The monoisotopic (exact) mass is 476 g/mol. The van der Waals surface area contributed by atoms with E-state index in [0.29, 0.717) is 25.7 Å². The number of nitrogens with one attached hydrogen (secondary N) is 1. The summed E-state index contributed by atoms with van der Waals surface area (Å²) in [5.74, 6) is 0. The van der Waals surface area contributed by atoms with Crippen molar-refractivity contribution in [3.05, 3.63) is 59.7 Å². The van der Waals surface area contributed by atoms with Crippen LogP contribution in [-0.2, 0) is 11.2 Å². The highest BCUT2D eigenvalue weighted by Crippen LogP contribution is 2.27. The van der Waals surface area contributed by atoms with E-state index in [9.17, 15) is 4.79 Å². The van der Waals surface area contributed by atoms with Crippen LogP contribution in [-0.4, -0.2) is 53.2 Å². The minimum Gasteiger partial charge on any atom is -0.383 e. The highest BCUT2D eigenvalue weighted by molar-refractivity contribution is 7.15. The van der Waals surface area contributed by atoms with Crippen molar-refractivity contribution in [3.63, 3.8) is 0 Å². The van der Waals surface area contributed by atoms with Gasteiger partial charge in [-0.1, -0.05) is 55.7 Å². The van der Waals surface area contributed by atoms with Gasteiger partial charge in [0.25, 0.3) is 0 Å². The molecule has 178 valence electrons. The molecule has 1 aliphatic carbocycles. The fraction of sp³-hybridized carbons (Fsp3) is 0.407. The van der Waals surface area contributed by atoms with E-state index in [-0.39, 0.29) is 6.03 Å². The van der Waals surface area contributed by atoms with Crippen molar-refractivity contribution >= 4 is 33.1 Å². The Morgan fingerprint density at radius 1 is 1.15 bits per heavy atom. The molecule has 1 saturated carbocycles. The van der Waals surface area contributed by atoms with Crippen LogP contribution < -0.4 is 5.32 Å². The lowest BCUT2D eigenvalue weighted by Gasteiger charge is -2.28. The number of amides is 2. The topological polar surface area (TPSA) is 58.9 Å². The Morgan fingerprint density at radius 2 is 1.97 bits per heavy atom. The van der Waals surface area contributed by atoms with Gasteiger partial charge in [0, 0.05) is 55.5 Å². The average Bonchev–Trinajstić information content (AvgIpc) is 3.46. The fourth-order valence-corrected chi connectivity index (χ4v) is 5.68. The van der Waals surface area contributed by atoms with E-state index in [1.807, 2.05) is 4.90 Å². The molecule has 0 spiro atoms. The Morgan fingerprint density at radius 3 is 2.79 bits per heavy atom. The molecule has 0 bridgehead atoms. The van der Waals surface area contributed by atoms with E-state index < -0.39 is 0 Å². The molecule has 0 unspecified atom stereocenters. The molecule has 0 atom stereocenters. The third kappa shape index (κ3) is 5.10. The van der Waals surface area contributed by atoms with Crippen molar-refractivity contribution < 1.29 is 9.53 Å². The number of imidazole rings is 1. The van der Waals surface area contributed by atoms with Crippen LogP contribution in [0.5, 0.6) is 0 Å². The van der Waals surface area contributed by atoms with Crippen molar-refractivity contribution in [1.82, 2.24) is 19.6 Å². The minimum atomic E-state index is 0.0258. The summed E-state index contributed by atoms with van der Waals surface area (Å²) in [7, 11) is 1.68. The Labute approximate surface area is 204 Å². The molecule has 6 nitrogen and oxygen atoms in total. The zero-order valence-electron chi connectivity index (χ0n) is 19.7. The van der Waals surface area contributed by atoms with Crippen LogP contribution in [0.25, 0.3) is 27.0 Å². The average molecular weight is 477 g/mol. The van der Waals surface area contributed by atoms with Gasteiger partial charge in [-0.05, 0) is 29.7 Å². The van der Waals surface area contributed by atoms with Crippen LogP contribution in [0.2, 0.25) is 0 Å². The van der Waals surface area contributed by atoms with Gasteiger partial charge in [0.15, 0.2) is 4.96 Å². The van der Waals surface area contributed by atoms with Gasteiger partial charge in [0.2, 0.25) is 0 Å². The zero-order valence-corrected chi connectivity index (χ0v) is 20.5. The number of nitrogens with zero attached hydrogens (tertiary/aromatic N) is 3. The molecule has 0 aliphatic heterocycles. The fourth-order valence-electron chi connectivity index (χ4n) is 4.78. The maximum absolute atomic E-state index is 13.0. The Bertz CT molecular complexity index is 1260. The van der Waals surface area contributed by atoms with Crippen LogP contribution in [0, 0.1) is 0 Å². The second kappa shape index (κ2) is 10.6. The number of hydrogen-bond donors (Lipinski definition) is 1. The molecule has 1 fully saturated rings. The number of carbonyl (C=O) groups is 1. The van der Waals surface area contributed by atoms with Gasteiger partial charge < -0.3 is 15.0 Å². The number of benzene rings is 2. The van der Waals surface area contributed by atoms with E-state index in [1.165, 1.54) is 35.7 Å². The smallest absolute Gasteiger partial charge is 0.317 e. The normalized spacial score (nSPS) is 14.6. The van der Waals surface area contributed by atoms with Crippen molar-refractivity contribution in [2.24, 2.45) is 0 Å². The van der Waals surface area contributed by atoms with Gasteiger partial charge in [0.05, 0.1) is 12.3 Å². The first kappa shape index (κ1) is 22.9. The van der Waals surface area contributed by atoms with E-state index >= 15 is 0 Å². The van der Waals surface area contributed by atoms with Crippen LogP contribution in [0.15, 0.2) is 54.0 Å². The molecule has 2 heterocycles. The number of ether oxygens (including phenoxy) is 1. The summed E-state index contributed by atoms with van der Waals surface area (Å²) in [6.07, 6.45) is 8.75. The number of thiazole rings is 1. The van der Waals surface area contributed by atoms with Crippen LogP contribution in [0.4, 0.5) is 4.79 Å². The lowest BCUT2D eigenvalue weighted by molar-refractivity contribution is 0.146. The summed E-state index contributed by atoms with van der Waals surface area (Å²) in [5.41, 5.74) is 3.27. The molecule has 2 aromatic heterocycles. The summed E-state index contributed by atoms with van der Waals surface area (Å²) in [6, 6.07) is 15.2. The van der Waals surface area contributed by atoms with Crippen LogP contribution in [0.3, 0.4) is 0 Å². The summed E-state index contributed by atoms with van der Waals surface area (Å²) in [6.45, 7) is 1.78. The second-order valence-electron chi connectivity index (χ2n) is 9.08. The largest absolute Gasteiger partial charge is 0.383 e. The Balaban J connectivity index is 1.29. The summed E-state index contributed by atoms with van der Waals surface area (Å²) in [5, 5.41) is 7.85. The summed E-state index contributed by atoms with van der Waals surface area (Å²) >= 11 is 1.65. The van der Waals surface area contributed by atoms with Crippen molar-refractivity contribution in [2.75, 3.05) is 26.8 Å². The first-order valence-electron chi connectivity index (χ1n) is 12.2. The van der Waals surface area contributed by atoms with E-state index in [2.05, 4.69) is 63.8 Å². The highest BCUT2D eigenvalue weighted by Gasteiger charge is 2.20. The zero-order chi connectivity index (χ0) is 23.3. The summed E-state index contributed by atoms with van der Waals surface area (Å²) < 4.78 is 7.44. The molecular formula is C27H32N4O2S. The number of urea groups is 1. The van der Waals surface area contributed by atoms with Gasteiger partial charge in [-0.2, -0.15) is 0 Å². The molecular weight excluding hydrogens is 444 g/mol. The number of aromatic nitrogens is 2. The number of fused-ring (bicyclic) bond motifs is 2. The third-order valence-corrected chi connectivity index (χ3v) is 7.64. The highest BCUT2D eigenvalue weighted by atomic mass is 32.1. The van der Waals surface area contributed by atoms with Crippen molar-refractivity contribution in [1.29, 1.82) is 0 Å². The predicted molar refractivity (Wildman–Crippen MR) is 139 cm³/mol. The first-order valence-corrected chi connectivity index (χ1v) is 13.1. The molecule has 1 N–H and O–H groups in total. The molecule has 4 aromatic rings. The maximum atomic E-state index is 13.0. The van der Waals surface area contributed by atoms with Gasteiger partial charge in [0.1, 0.15) is 0 Å². The van der Waals surface area contributed by atoms with Gasteiger partial charge in [-0.15, -0.1) is 11.3 Å². The number of carbonyl (C=O) groups excluding carboxylic acids is 1. The number of hydrogen-bond acceptors (Lipinski definition) is 4.